The van der Waals surface area contributed by atoms with E-state index in [0.29, 0.717) is 11.7 Å². The van der Waals surface area contributed by atoms with Gasteiger partial charge >= 0.3 is 0 Å². The van der Waals surface area contributed by atoms with E-state index in [4.69, 9.17) is 0 Å². The second kappa shape index (κ2) is 4.80. The maximum atomic E-state index is 4.52. The molecule has 1 atom stereocenters. The first-order valence-electron chi connectivity index (χ1n) is 7.20. The zero-order valence-corrected chi connectivity index (χ0v) is 11.8. The number of aryl methyl sites for hydroxylation is 1. The van der Waals surface area contributed by atoms with Gasteiger partial charge in [-0.15, -0.1) is 14.8 Å². The smallest absolute Gasteiger partial charge is 0.200 e. The molecule has 0 aliphatic carbocycles. The van der Waals surface area contributed by atoms with Crippen LogP contribution in [-0.2, 0) is 0 Å². The number of nitrogens with zero attached hydrogens (tertiary/aromatic N) is 6. The molecule has 106 valence electrons. The first-order valence-corrected chi connectivity index (χ1v) is 7.20. The first kappa shape index (κ1) is 12.3. The van der Waals surface area contributed by atoms with Gasteiger partial charge < -0.3 is 4.90 Å². The Morgan fingerprint density at radius 2 is 2.14 bits per heavy atom. The van der Waals surface area contributed by atoms with Crippen molar-refractivity contribution in [2.75, 3.05) is 11.4 Å². The van der Waals surface area contributed by atoms with Crippen LogP contribution in [-0.4, -0.2) is 31.8 Å². The van der Waals surface area contributed by atoms with Crippen molar-refractivity contribution in [3.05, 3.63) is 47.5 Å². The minimum atomic E-state index is 0.381. The predicted molar refractivity (Wildman–Crippen MR) is 79.1 cm³/mol. The SMILES string of the molecule is Cc1cccc(C2CCCN2c2ccc3nnnn3n2)c1. The lowest BCUT2D eigenvalue weighted by molar-refractivity contribution is 0.678. The number of aromatic nitrogens is 5. The van der Waals surface area contributed by atoms with Crippen molar-refractivity contribution < 1.29 is 0 Å². The van der Waals surface area contributed by atoms with Gasteiger partial charge in [0.1, 0.15) is 0 Å². The van der Waals surface area contributed by atoms with Crippen molar-refractivity contribution in [1.82, 2.24) is 25.3 Å². The maximum absolute atomic E-state index is 4.52. The second-order valence-electron chi connectivity index (χ2n) is 5.48. The highest BCUT2D eigenvalue weighted by atomic mass is 15.6. The molecular formula is C15H16N6. The Kier molecular flexibility index (Phi) is 2.80. The van der Waals surface area contributed by atoms with Crippen molar-refractivity contribution in [2.45, 2.75) is 25.8 Å². The molecule has 1 aliphatic heterocycles. The molecule has 0 amide bonds. The Labute approximate surface area is 122 Å². The van der Waals surface area contributed by atoms with Crippen molar-refractivity contribution in [3.8, 4) is 0 Å². The lowest BCUT2D eigenvalue weighted by Crippen LogP contribution is -2.24. The first-order chi connectivity index (χ1) is 10.3. The summed E-state index contributed by atoms with van der Waals surface area (Å²) in [7, 11) is 0. The van der Waals surface area contributed by atoms with E-state index in [2.05, 4.69) is 56.7 Å². The second-order valence-corrected chi connectivity index (χ2v) is 5.48. The number of hydrogen-bond donors (Lipinski definition) is 0. The molecule has 1 aromatic carbocycles. The van der Waals surface area contributed by atoms with Crippen LogP contribution in [0.3, 0.4) is 0 Å². The lowest BCUT2D eigenvalue weighted by atomic mass is 10.0. The third-order valence-corrected chi connectivity index (χ3v) is 4.03. The van der Waals surface area contributed by atoms with Crippen LogP contribution >= 0.6 is 0 Å². The molecule has 0 saturated carbocycles. The average molecular weight is 280 g/mol. The number of benzene rings is 1. The Morgan fingerprint density at radius 3 is 3.05 bits per heavy atom. The quantitative estimate of drug-likeness (QED) is 0.720. The number of hydrogen-bond acceptors (Lipinski definition) is 5. The summed E-state index contributed by atoms with van der Waals surface area (Å²) < 4.78 is 1.49. The van der Waals surface area contributed by atoms with Gasteiger partial charge in [0.25, 0.3) is 0 Å². The summed E-state index contributed by atoms with van der Waals surface area (Å²) in [5, 5.41) is 15.9. The van der Waals surface area contributed by atoms with Gasteiger partial charge in [0.2, 0.25) is 0 Å². The molecule has 3 heterocycles. The Bertz CT molecular complexity index is 780. The fourth-order valence-corrected chi connectivity index (χ4v) is 3.06. The van der Waals surface area contributed by atoms with Gasteiger partial charge in [-0.3, -0.25) is 0 Å². The lowest BCUT2D eigenvalue weighted by Gasteiger charge is -2.26. The molecule has 1 fully saturated rings. The fourth-order valence-electron chi connectivity index (χ4n) is 3.06. The highest BCUT2D eigenvalue weighted by Gasteiger charge is 2.27. The third kappa shape index (κ3) is 2.12. The Balaban J connectivity index is 1.72. The summed E-state index contributed by atoms with van der Waals surface area (Å²) in [6.07, 6.45) is 2.33. The zero-order chi connectivity index (χ0) is 14.2. The van der Waals surface area contributed by atoms with E-state index in [1.165, 1.54) is 22.2 Å². The van der Waals surface area contributed by atoms with E-state index >= 15 is 0 Å². The number of tetrazole rings is 1. The molecule has 4 rings (SSSR count). The molecule has 1 unspecified atom stereocenters. The van der Waals surface area contributed by atoms with Crippen molar-refractivity contribution in [3.63, 3.8) is 0 Å². The molecular weight excluding hydrogens is 264 g/mol. The van der Waals surface area contributed by atoms with E-state index in [1.807, 2.05) is 12.1 Å². The molecule has 0 bridgehead atoms. The molecule has 1 saturated heterocycles. The molecule has 0 N–H and O–H groups in total. The van der Waals surface area contributed by atoms with E-state index in [0.717, 1.165) is 18.8 Å². The van der Waals surface area contributed by atoms with E-state index in [1.54, 1.807) is 0 Å². The van der Waals surface area contributed by atoms with Gasteiger partial charge in [-0.25, -0.2) is 0 Å². The molecule has 6 heteroatoms. The molecule has 2 aromatic heterocycles. The van der Waals surface area contributed by atoms with Gasteiger partial charge in [0.05, 0.1) is 6.04 Å². The van der Waals surface area contributed by atoms with E-state index in [-0.39, 0.29) is 0 Å². The van der Waals surface area contributed by atoms with Crippen LogP contribution in [0.5, 0.6) is 0 Å². The summed E-state index contributed by atoms with van der Waals surface area (Å²) in [4.78, 5) is 2.34. The number of fused-ring (bicyclic) bond motifs is 1. The van der Waals surface area contributed by atoms with Crippen LogP contribution in [0.4, 0.5) is 5.82 Å². The van der Waals surface area contributed by atoms with Crippen LogP contribution in [0.15, 0.2) is 36.4 Å². The van der Waals surface area contributed by atoms with Gasteiger partial charge in [0, 0.05) is 6.54 Å². The largest absolute Gasteiger partial charge is 0.348 e. The summed E-state index contributed by atoms with van der Waals surface area (Å²) in [6, 6.07) is 13.0. The number of anilines is 1. The monoisotopic (exact) mass is 280 g/mol. The van der Waals surface area contributed by atoms with Crippen LogP contribution < -0.4 is 4.90 Å². The van der Waals surface area contributed by atoms with Crippen LogP contribution in [0, 0.1) is 6.92 Å². The van der Waals surface area contributed by atoms with Crippen molar-refractivity contribution in [1.29, 1.82) is 0 Å². The molecule has 6 nitrogen and oxygen atoms in total. The molecule has 0 radical (unpaired) electrons. The molecule has 3 aromatic rings. The highest BCUT2D eigenvalue weighted by molar-refractivity contribution is 5.47. The maximum Gasteiger partial charge on any atom is 0.200 e. The van der Waals surface area contributed by atoms with Crippen LogP contribution in [0.2, 0.25) is 0 Å². The minimum Gasteiger partial charge on any atom is -0.348 e. The molecule has 1 aliphatic rings. The van der Waals surface area contributed by atoms with E-state index < -0.39 is 0 Å². The van der Waals surface area contributed by atoms with Crippen molar-refractivity contribution in [2.24, 2.45) is 0 Å². The van der Waals surface area contributed by atoms with Gasteiger partial charge in [-0.1, -0.05) is 29.8 Å². The van der Waals surface area contributed by atoms with E-state index in [9.17, 15) is 0 Å². The van der Waals surface area contributed by atoms with Gasteiger partial charge in [-0.2, -0.15) is 0 Å². The molecule has 0 spiro atoms. The number of rotatable bonds is 2. The summed E-state index contributed by atoms with van der Waals surface area (Å²) in [5.41, 5.74) is 3.32. The van der Waals surface area contributed by atoms with Gasteiger partial charge in [0.15, 0.2) is 11.5 Å². The summed E-state index contributed by atoms with van der Waals surface area (Å²) >= 11 is 0. The normalized spacial score (nSPS) is 18.5. The van der Waals surface area contributed by atoms with Gasteiger partial charge in [-0.05, 0) is 47.9 Å². The third-order valence-electron chi connectivity index (χ3n) is 4.03. The van der Waals surface area contributed by atoms with Crippen LogP contribution in [0.1, 0.15) is 30.0 Å². The standard InChI is InChI=1S/C15H16N6/c1-11-4-2-5-12(10-11)13-6-3-9-20(13)15-8-7-14-16-18-19-21(14)17-15/h2,4-5,7-8,10,13H,3,6,9H2,1H3. The zero-order valence-electron chi connectivity index (χ0n) is 11.8. The average Bonchev–Trinajstić information content (AvgIpc) is 3.15. The summed E-state index contributed by atoms with van der Waals surface area (Å²) in [5.74, 6) is 0.929. The predicted octanol–water partition coefficient (Wildman–Crippen LogP) is 2.17. The molecule has 21 heavy (non-hydrogen) atoms. The topological polar surface area (TPSA) is 59.2 Å². The van der Waals surface area contributed by atoms with Crippen molar-refractivity contribution >= 4 is 11.5 Å². The minimum absolute atomic E-state index is 0.381. The Hall–Kier alpha value is -2.50. The highest BCUT2D eigenvalue weighted by Crippen LogP contribution is 2.35. The Morgan fingerprint density at radius 1 is 1.19 bits per heavy atom. The fraction of sp³-hybridized carbons (Fsp3) is 0.333. The van der Waals surface area contributed by atoms with Crippen LogP contribution in [0.25, 0.3) is 5.65 Å². The summed E-state index contributed by atoms with van der Waals surface area (Å²) in [6.45, 7) is 3.15.